The lowest BCUT2D eigenvalue weighted by Crippen LogP contribution is -2.45. The van der Waals surface area contributed by atoms with E-state index in [1.165, 1.54) is 51.6 Å². The summed E-state index contributed by atoms with van der Waals surface area (Å²) in [5.74, 6) is 0. The fourth-order valence-corrected chi connectivity index (χ4v) is 4.10. The second-order valence-electron chi connectivity index (χ2n) is 6.89. The fourth-order valence-electron chi connectivity index (χ4n) is 4.10. The van der Waals surface area contributed by atoms with Gasteiger partial charge in [0.15, 0.2) is 0 Å². The zero-order valence-electron chi connectivity index (χ0n) is 13.6. The highest BCUT2D eigenvalue weighted by atomic mass is 15.2. The molecule has 3 rings (SSSR count). The average molecular weight is 286 g/mol. The summed E-state index contributed by atoms with van der Waals surface area (Å²) in [6.45, 7) is 7.15. The first kappa shape index (κ1) is 15.1. The quantitative estimate of drug-likeness (QED) is 0.886. The van der Waals surface area contributed by atoms with E-state index in [0.29, 0.717) is 18.1 Å². The normalized spacial score (nSPS) is 31.2. The van der Waals surface area contributed by atoms with Gasteiger partial charge < -0.3 is 5.32 Å². The molecule has 0 spiro atoms. The number of fused-ring (bicyclic) bond motifs is 1. The topological polar surface area (TPSA) is 15.3 Å². The molecule has 1 aromatic carbocycles. The fraction of sp³-hybridized carbons (Fsp3) is 0.684. The molecular formula is C19H30N2. The predicted octanol–water partition coefficient (Wildman–Crippen LogP) is 3.92. The Kier molecular flexibility index (Phi) is 4.97. The summed E-state index contributed by atoms with van der Waals surface area (Å²) >= 11 is 0. The van der Waals surface area contributed by atoms with Crippen LogP contribution < -0.4 is 5.32 Å². The Hall–Kier alpha value is -0.860. The van der Waals surface area contributed by atoms with Gasteiger partial charge in [-0.25, -0.2) is 0 Å². The summed E-state index contributed by atoms with van der Waals surface area (Å²) in [4.78, 5) is 2.78. The van der Waals surface area contributed by atoms with Gasteiger partial charge in [-0.2, -0.15) is 0 Å². The number of benzene rings is 1. The lowest BCUT2D eigenvalue weighted by Gasteiger charge is -2.39. The molecule has 1 fully saturated rings. The summed E-state index contributed by atoms with van der Waals surface area (Å²) in [7, 11) is 0. The van der Waals surface area contributed by atoms with E-state index in [-0.39, 0.29) is 0 Å². The van der Waals surface area contributed by atoms with E-state index in [4.69, 9.17) is 0 Å². The third kappa shape index (κ3) is 3.49. The van der Waals surface area contributed by atoms with Crippen LogP contribution in [0.1, 0.15) is 63.1 Å². The van der Waals surface area contributed by atoms with Gasteiger partial charge in [-0.05, 0) is 56.6 Å². The molecule has 1 N–H and O–H groups in total. The number of nitrogens with zero attached hydrogens (tertiary/aromatic N) is 1. The molecule has 2 nitrogen and oxygen atoms in total. The number of nitrogens with one attached hydrogen (secondary N) is 1. The van der Waals surface area contributed by atoms with Crippen molar-refractivity contribution in [2.45, 2.75) is 70.5 Å². The molecule has 1 aliphatic carbocycles. The highest BCUT2D eigenvalue weighted by Gasteiger charge is 2.27. The summed E-state index contributed by atoms with van der Waals surface area (Å²) in [5.41, 5.74) is 3.20. The molecule has 0 bridgehead atoms. The molecule has 3 atom stereocenters. The second kappa shape index (κ2) is 6.93. The first-order chi connectivity index (χ1) is 10.3. The zero-order chi connectivity index (χ0) is 14.7. The van der Waals surface area contributed by atoms with Crippen molar-refractivity contribution in [3.05, 3.63) is 35.4 Å². The number of hydrogen-bond acceptors (Lipinski definition) is 2. The first-order valence-electron chi connectivity index (χ1n) is 8.86. The van der Waals surface area contributed by atoms with Crippen LogP contribution in [0, 0.1) is 0 Å². The van der Waals surface area contributed by atoms with Crippen LogP contribution in [-0.2, 0) is 6.42 Å². The lowest BCUT2D eigenvalue weighted by molar-refractivity contribution is 0.145. The van der Waals surface area contributed by atoms with E-state index in [2.05, 4.69) is 48.3 Å². The maximum Gasteiger partial charge on any atom is 0.0350 e. The summed E-state index contributed by atoms with van der Waals surface area (Å²) in [6.07, 6.45) is 7.78. The highest BCUT2D eigenvalue weighted by molar-refractivity contribution is 5.32. The third-order valence-electron chi connectivity index (χ3n) is 5.41. The largest absolute Gasteiger partial charge is 0.311 e. The number of rotatable bonds is 2. The highest BCUT2D eigenvalue weighted by Crippen LogP contribution is 2.34. The van der Waals surface area contributed by atoms with Crippen LogP contribution in [-0.4, -0.2) is 30.1 Å². The van der Waals surface area contributed by atoms with E-state index in [1.54, 1.807) is 11.1 Å². The van der Waals surface area contributed by atoms with Crippen molar-refractivity contribution in [2.75, 3.05) is 13.1 Å². The van der Waals surface area contributed by atoms with Gasteiger partial charge in [0.1, 0.15) is 0 Å². The summed E-state index contributed by atoms with van der Waals surface area (Å²) < 4.78 is 0. The van der Waals surface area contributed by atoms with Crippen LogP contribution in [0.3, 0.4) is 0 Å². The number of hydrogen-bond donors (Lipinski definition) is 1. The number of aryl methyl sites for hydroxylation is 1. The van der Waals surface area contributed by atoms with Crippen molar-refractivity contribution in [1.29, 1.82) is 0 Å². The smallest absolute Gasteiger partial charge is 0.0350 e. The van der Waals surface area contributed by atoms with E-state index < -0.39 is 0 Å². The Bertz CT molecular complexity index is 457. The molecule has 3 unspecified atom stereocenters. The standard InChI is InChI=1S/C19H30N2/c1-3-17-12-14-21(13-11-15(2)20-17)19-10-6-8-16-7-4-5-9-18(16)19/h4-5,7,9,15,17,19-20H,3,6,8,10-14H2,1-2H3. The van der Waals surface area contributed by atoms with Gasteiger partial charge in [0.25, 0.3) is 0 Å². The van der Waals surface area contributed by atoms with Crippen LogP contribution in [0.4, 0.5) is 0 Å². The average Bonchev–Trinajstić information content (AvgIpc) is 2.51. The van der Waals surface area contributed by atoms with Gasteiger partial charge in [-0.1, -0.05) is 31.2 Å². The maximum absolute atomic E-state index is 3.78. The van der Waals surface area contributed by atoms with Gasteiger partial charge in [0.2, 0.25) is 0 Å². The third-order valence-corrected chi connectivity index (χ3v) is 5.41. The van der Waals surface area contributed by atoms with Crippen molar-refractivity contribution in [3.8, 4) is 0 Å². The van der Waals surface area contributed by atoms with Crippen LogP contribution >= 0.6 is 0 Å². The van der Waals surface area contributed by atoms with Crippen molar-refractivity contribution in [3.63, 3.8) is 0 Å². The van der Waals surface area contributed by atoms with Crippen LogP contribution in [0.2, 0.25) is 0 Å². The van der Waals surface area contributed by atoms with Crippen LogP contribution in [0.15, 0.2) is 24.3 Å². The van der Waals surface area contributed by atoms with Gasteiger partial charge in [-0.3, -0.25) is 4.90 Å². The van der Waals surface area contributed by atoms with Crippen molar-refractivity contribution in [2.24, 2.45) is 0 Å². The molecule has 2 aliphatic rings. The van der Waals surface area contributed by atoms with E-state index >= 15 is 0 Å². The molecule has 21 heavy (non-hydrogen) atoms. The molecule has 2 heteroatoms. The molecule has 0 aromatic heterocycles. The second-order valence-corrected chi connectivity index (χ2v) is 6.89. The lowest BCUT2D eigenvalue weighted by atomic mass is 9.86. The molecule has 0 amide bonds. The van der Waals surface area contributed by atoms with Crippen LogP contribution in [0.25, 0.3) is 0 Å². The molecule has 116 valence electrons. The molecule has 0 radical (unpaired) electrons. The monoisotopic (exact) mass is 286 g/mol. The molecule has 1 aromatic rings. The van der Waals surface area contributed by atoms with Gasteiger partial charge in [0, 0.05) is 31.2 Å². The minimum Gasteiger partial charge on any atom is -0.311 e. The minimum atomic E-state index is 0.650. The Labute approximate surface area is 129 Å². The Morgan fingerprint density at radius 1 is 1.14 bits per heavy atom. The van der Waals surface area contributed by atoms with Crippen molar-refractivity contribution >= 4 is 0 Å². The van der Waals surface area contributed by atoms with Crippen LogP contribution in [0.5, 0.6) is 0 Å². The first-order valence-corrected chi connectivity index (χ1v) is 8.86. The molecule has 1 aliphatic heterocycles. The Morgan fingerprint density at radius 2 is 1.95 bits per heavy atom. The van der Waals surface area contributed by atoms with Crippen molar-refractivity contribution in [1.82, 2.24) is 10.2 Å². The molecule has 0 saturated carbocycles. The SMILES string of the molecule is CCC1CCN(C2CCCc3ccccc32)CCC(C)N1. The van der Waals surface area contributed by atoms with Gasteiger partial charge >= 0.3 is 0 Å². The zero-order valence-corrected chi connectivity index (χ0v) is 13.6. The Balaban J connectivity index is 1.76. The van der Waals surface area contributed by atoms with Gasteiger partial charge in [0.05, 0.1) is 0 Å². The molecule has 1 heterocycles. The van der Waals surface area contributed by atoms with E-state index in [0.717, 1.165) is 0 Å². The molecule has 1 saturated heterocycles. The predicted molar refractivity (Wildman–Crippen MR) is 89.6 cm³/mol. The molecular weight excluding hydrogens is 256 g/mol. The van der Waals surface area contributed by atoms with E-state index in [1.807, 2.05) is 0 Å². The minimum absolute atomic E-state index is 0.650. The summed E-state index contributed by atoms with van der Waals surface area (Å²) in [5, 5.41) is 3.78. The Morgan fingerprint density at radius 3 is 2.81 bits per heavy atom. The van der Waals surface area contributed by atoms with E-state index in [9.17, 15) is 0 Å². The van der Waals surface area contributed by atoms with Gasteiger partial charge in [-0.15, -0.1) is 0 Å². The summed E-state index contributed by atoms with van der Waals surface area (Å²) in [6, 6.07) is 11.1. The van der Waals surface area contributed by atoms with Crippen molar-refractivity contribution < 1.29 is 0 Å². The maximum atomic E-state index is 3.78.